The molecule has 0 saturated heterocycles. The molecule has 0 unspecified atom stereocenters. The molecule has 1 rings (SSSR count). The van der Waals surface area contributed by atoms with E-state index in [1.165, 1.54) is 12.1 Å². The molecule has 1 aromatic rings. The molecule has 18 heavy (non-hydrogen) atoms. The van der Waals surface area contributed by atoms with Gasteiger partial charge in [0.2, 0.25) is 5.91 Å². The zero-order valence-electron chi connectivity index (χ0n) is 10.5. The number of carboxylic acid groups (broad SMARTS) is 1. The molecule has 2 N–H and O–H groups in total. The van der Waals surface area contributed by atoms with E-state index in [2.05, 4.69) is 5.32 Å². The maximum Gasteiger partial charge on any atom is 0.335 e. The van der Waals surface area contributed by atoms with Crippen LogP contribution in [0, 0.1) is 0 Å². The SMILES string of the molecule is COC[C@@H](C)NC(=O)Cc1cccc(C(=O)O)c1. The van der Waals surface area contributed by atoms with Gasteiger partial charge in [-0.05, 0) is 24.6 Å². The number of rotatable bonds is 6. The maximum atomic E-state index is 11.7. The van der Waals surface area contributed by atoms with Crippen molar-refractivity contribution in [2.24, 2.45) is 0 Å². The highest BCUT2D eigenvalue weighted by Crippen LogP contribution is 2.06. The molecule has 1 atom stereocenters. The Morgan fingerprint density at radius 1 is 1.44 bits per heavy atom. The van der Waals surface area contributed by atoms with Crippen LogP contribution in [0.15, 0.2) is 24.3 Å². The molecule has 0 saturated carbocycles. The molecule has 1 amide bonds. The lowest BCUT2D eigenvalue weighted by molar-refractivity contribution is -0.121. The Bertz CT molecular complexity index is 431. The van der Waals surface area contributed by atoms with Gasteiger partial charge in [0, 0.05) is 13.2 Å². The highest BCUT2D eigenvalue weighted by Gasteiger charge is 2.09. The van der Waals surface area contributed by atoms with E-state index in [1.807, 2.05) is 6.92 Å². The van der Waals surface area contributed by atoms with Gasteiger partial charge in [0.05, 0.1) is 18.6 Å². The first-order valence-corrected chi connectivity index (χ1v) is 5.63. The standard InChI is InChI=1S/C13H17NO4/c1-9(8-18-2)14-12(15)7-10-4-3-5-11(6-10)13(16)17/h3-6,9H,7-8H2,1-2H3,(H,14,15)(H,16,17)/t9-/m1/s1. The predicted molar refractivity (Wildman–Crippen MR) is 66.6 cm³/mol. The van der Waals surface area contributed by atoms with Gasteiger partial charge in [0.15, 0.2) is 0 Å². The lowest BCUT2D eigenvalue weighted by atomic mass is 10.1. The summed E-state index contributed by atoms with van der Waals surface area (Å²) in [5.41, 5.74) is 0.863. The fraction of sp³-hybridized carbons (Fsp3) is 0.385. The highest BCUT2D eigenvalue weighted by atomic mass is 16.5. The third-order valence-electron chi connectivity index (χ3n) is 2.36. The molecule has 0 aliphatic rings. The van der Waals surface area contributed by atoms with Crippen molar-refractivity contribution < 1.29 is 19.4 Å². The van der Waals surface area contributed by atoms with Crippen molar-refractivity contribution >= 4 is 11.9 Å². The number of carbonyl (C=O) groups excluding carboxylic acids is 1. The largest absolute Gasteiger partial charge is 0.478 e. The highest BCUT2D eigenvalue weighted by molar-refractivity contribution is 5.88. The maximum absolute atomic E-state index is 11.7. The normalized spacial score (nSPS) is 11.9. The van der Waals surface area contributed by atoms with E-state index in [4.69, 9.17) is 9.84 Å². The average Bonchev–Trinajstić information content (AvgIpc) is 2.29. The molecule has 0 aliphatic heterocycles. The van der Waals surface area contributed by atoms with Crippen LogP contribution in [-0.2, 0) is 16.0 Å². The van der Waals surface area contributed by atoms with Crippen LogP contribution in [0.2, 0.25) is 0 Å². The van der Waals surface area contributed by atoms with Gasteiger partial charge in [-0.15, -0.1) is 0 Å². The smallest absolute Gasteiger partial charge is 0.335 e. The Hall–Kier alpha value is -1.88. The van der Waals surface area contributed by atoms with Crippen molar-refractivity contribution in [3.63, 3.8) is 0 Å². The van der Waals surface area contributed by atoms with Crippen LogP contribution in [0.4, 0.5) is 0 Å². The number of hydrogen-bond acceptors (Lipinski definition) is 3. The van der Waals surface area contributed by atoms with Crippen molar-refractivity contribution in [2.45, 2.75) is 19.4 Å². The summed E-state index contributed by atoms with van der Waals surface area (Å²) in [5.74, 6) is -1.15. The van der Waals surface area contributed by atoms with Gasteiger partial charge in [-0.25, -0.2) is 4.79 Å². The van der Waals surface area contributed by atoms with E-state index in [0.717, 1.165) is 0 Å². The molecule has 0 aromatic heterocycles. The summed E-state index contributed by atoms with van der Waals surface area (Å²) in [6, 6.07) is 6.29. The number of amides is 1. The Kier molecular flexibility index (Phi) is 5.32. The van der Waals surface area contributed by atoms with Gasteiger partial charge in [0.1, 0.15) is 0 Å². The van der Waals surface area contributed by atoms with Gasteiger partial charge in [-0.2, -0.15) is 0 Å². The first-order valence-electron chi connectivity index (χ1n) is 5.63. The van der Waals surface area contributed by atoms with Gasteiger partial charge >= 0.3 is 5.97 Å². The average molecular weight is 251 g/mol. The lowest BCUT2D eigenvalue weighted by Gasteiger charge is -2.12. The Morgan fingerprint density at radius 3 is 2.78 bits per heavy atom. The number of hydrogen-bond donors (Lipinski definition) is 2. The summed E-state index contributed by atoms with van der Waals surface area (Å²) in [6.45, 7) is 2.29. The minimum atomic E-state index is -0.995. The van der Waals surface area contributed by atoms with Crippen LogP contribution in [0.1, 0.15) is 22.8 Å². The minimum Gasteiger partial charge on any atom is -0.478 e. The van der Waals surface area contributed by atoms with E-state index in [9.17, 15) is 9.59 Å². The summed E-state index contributed by atoms with van der Waals surface area (Å²) in [5, 5.41) is 11.6. The fourth-order valence-electron chi connectivity index (χ4n) is 1.62. The van der Waals surface area contributed by atoms with Crippen molar-refractivity contribution in [3.05, 3.63) is 35.4 Å². The zero-order valence-corrected chi connectivity index (χ0v) is 10.5. The second kappa shape index (κ2) is 6.76. The third kappa shape index (κ3) is 4.55. The Balaban J connectivity index is 2.59. The number of aromatic carboxylic acids is 1. The van der Waals surface area contributed by atoms with Gasteiger partial charge in [-0.1, -0.05) is 12.1 Å². The van der Waals surface area contributed by atoms with E-state index < -0.39 is 5.97 Å². The molecule has 98 valence electrons. The molecule has 1 aromatic carbocycles. The molecule has 0 heterocycles. The Labute approximate surface area is 106 Å². The van der Waals surface area contributed by atoms with Crippen molar-refractivity contribution in [1.82, 2.24) is 5.32 Å². The number of benzene rings is 1. The van der Waals surface area contributed by atoms with Crippen LogP contribution in [0.5, 0.6) is 0 Å². The van der Waals surface area contributed by atoms with Gasteiger partial charge in [-0.3, -0.25) is 4.79 Å². The number of ether oxygens (including phenoxy) is 1. The first kappa shape index (κ1) is 14.2. The molecular formula is C13H17NO4. The van der Waals surface area contributed by atoms with E-state index in [1.54, 1.807) is 19.2 Å². The van der Waals surface area contributed by atoms with Crippen LogP contribution in [0.25, 0.3) is 0 Å². The van der Waals surface area contributed by atoms with Crippen molar-refractivity contribution in [3.8, 4) is 0 Å². The van der Waals surface area contributed by atoms with E-state index in [-0.39, 0.29) is 23.9 Å². The third-order valence-corrected chi connectivity index (χ3v) is 2.36. The molecule has 0 radical (unpaired) electrons. The molecule has 0 bridgehead atoms. The summed E-state index contributed by atoms with van der Waals surface area (Å²) >= 11 is 0. The lowest BCUT2D eigenvalue weighted by Crippen LogP contribution is -2.36. The van der Waals surface area contributed by atoms with Crippen molar-refractivity contribution in [1.29, 1.82) is 0 Å². The zero-order chi connectivity index (χ0) is 13.5. The second-order valence-electron chi connectivity index (χ2n) is 4.11. The molecule has 0 spiro atoms. The summed E-state index contributed by atoms with van der Waals surface area (Å²) in [7, 11) is 1.57. The van der Waals surface area contributed by atoms with Gasteiger partial charge < -0.3 is 15.2 Å². The minimum absolute atomic E-state index is 0.0647. The second-order valence-corrected chi connectivity index (χ2v) is 4.11. The quantitative estimate of drug-likeness (QED) is 0.793. The number of carboxylic acids is 1. The Morgan fingerprint density at radius 2 is 2.17 bits per heavy atom. The van der Waals surface area contributed by atoms with E-state index in [0.29, 0.717) is 12.2 Å². The molecule has 0 aliphatic carbocycles. The van der Waals surface area contributed by atoms with Crippen LogP contribution in [0.3, 0.4) is 0 Å². The number of nitrogens with one attached hydrogen (secondary N) is 1. The van der Waals surface area contributed by atoms with Crippen LogP contribution < -0.4 is 5.32 Å². The first-order chi connectivity index (χ1) is 8.52. The van der Waals surface area contributed by atoms with Gasteiger partial charge in [0.25, 0.3) is 0 Å². The van der Waals surface area contributed by atoms with Crippen LogP contribution >= 0.6 is 0 Å². The monoisotopic (exact) mass is 251 g/mol. The van der Waals surface area contributed by atoms with Crippen LogP contribution in [-0.4, -0.2) is 36.7 Å². The number of methoxy groups -OCH3 is 1. The van der Waals surface area contributed by atoms with Crippen molar-refractivity contribution in [2.75, 3.05) is 13.7 Å². The van der Waals surface area contributed by atoms with E-state index >= 15 is 0 Å². The molecule has 0 fully saturated rings. The fourth-order valence-corrected chi connectivity index (χ4v) is 1.62. The molecular weight excluding hydrogens is 234 g/mol. The molecule has 5 nitrogen and oxygen atoms in total. The summed E-state index contributed by atoms with van der Waals surface area (Å²) < 4.78 is 4.91. The topological polar surface area (TPSA) is 75.6 Å². The summed E-state index contributed by atoms with van der Waals surface area (Å²) in [6.07, 6.45) is 0.162. The summed E-state index contributed by atoms with van der Waals surface area (Å²) in [4.78, 5) is 22.4. The number of carbonyl (C=O) groups is 2. The molecule has 5 heteroatoms. The predicted octanol–water partition coefficient (Wildman–Crippen LogP) is 1.08.